The standard InChI is InChI=1S/C14H15FN2O2S/c1-9-5-11(3-4-12(9)15)6-16-13(18)7-17-10(2)8-20-14(17)19/h3-5,8H,6-7H2,1-2H3,(H,16,18). The third-order valence-electron chi connectivity index (χ3n) is 2.99. The van der Waals surface area contributed by atoms with Crippen molar-refractivity contribution in [3.63, 3.8) is 0 Å². The van der Waals surface area contributed by atoms with Crippen LogP contribution in [0.1, 0.15) is 16.8 Å². The number of amides is 1. The van der Waals surface area contributed by atoms with Gasteiger partial charge in [-0.15, -0.1) is 0 Å². The average Bonchev–Trinajstić information content (AvgIpc) is 2.72. The van der Waals surface area contributed by atoms with Crippen molar-refractivity contribution in [1.29, 1.82) is 0 Å². The van der Waals surface area contributed by atoms with E-state index in [2.05, 4.69) is 5.32 Å². The Hall–Kier alpha value is -1.95. The van der Waals surface area contributed by atoms with E-state index >= 15 is 0 Å². The summed E-state index contributed by atoms with van der Waals surface area (Å²) in [6.07, 6.45) is 0. The van der Waals surface area contributed by atoms with Crippen LogP contribution in [0, 0.1) is 19.7 Å². The Morgan fingerprint density at radius 2 is 2.15 bits per heavy atom. The number of aryl methyl sites for hydroxylation is 2. The number of aromatic nitrogens is 1. The monoisotopic (exact) mass is 294 g/mol. The Balaban J connectivity index is 1.95. The van der Waals surface area contributed by atoms with E-state index in [4.69, 9.17) is 0 Å². The molecule has 2 rings (SSSR count). The molecule has 0 fully saturated rings. The molecule has 106 valence electrons. The number of carbonyl (C=O) groups excluding carboxylic acids is 1. The Labute approximate surface area is 119 Å². The molecule has 0 aliphatic rings. The van der Waals surface area contributed by atoms with E-state index in [1.807, 2.05) is 0 Å². The Bertz CT molecular complexity index is 691. The molecule has 1 aromatic heterocycles. The second-order valence-corrected chi connectivity index (χ2v) is 5.41. The largest absolute Gasteiger partial charge is 0.350 e. The maximum atomic E-state index is 13.1. The van der Waals surface area contributed by atoms with Gasteiger partial charge in [-0.3, -0.25) is 14.2 Å². The van der Waals surface area contributed by atoms with Gasteiger partial charge < -0.3 is 5.32 Å². The van der Waals surface area contributed by atoms with E-state index in [9.17, 15) is 14.0 Å². The van der Waals surface area contributed by atoms with Crippen molar-refractivity contribution >= 4 is 17.2 Å². The smallest absolute Gasteiger partial charge is 0.307 e. The summed E-state index contributed by atoms with van der Waals surface area (Å²) in [4.78, 5) is 23.1. The van der Waals surface area contributed by atoms with Gasteiger partial charge in [0, 0.05) is 17.6 Å². The molecule has 2 aromatic rings. The molecule has 0 aliphatic heterocycles. The lowest BCUT2D eigenvalue weighted by Gasteiger charge is -2.08. The number of nitrogens with zero attached hydrogens (tertiary/aromatic N) is 1. The maximum Gasteiger partial charge on any atom is 0.307 e. The molecule has 6 heteroatoms. The van der Waals surface area contributed by atoms with Crippen LogP contribution < -0.4 is 10.2 Å². The molecule has 0 saturated heterocycles. The molecule has 1 N–H and O–H groups in total. The summed E-state index contributed by atoms with van der Waals surface area (Å²) in [7, 11) is 0. The molecule has 0 spiro atoms. The number of carbonyl (C=O) groups is 1. The van der Waals surface area contributed by atoms with Gasteiger partial charge in [0.15, 0.2) is 0 Å². The van der Waals surface area contributed by atoms with Gasteiger partial charge in [-0.25, -0.2) is 4.39 Å². The van der Waals surface area contributed by atoms with Crippen molar-refractivity contribution in [2.45, 2.75) is 26.9 Å². The molecule has 0 radical (unpaired) electrons. The van der Waals surface area contributed by atoms with Crippen LogP contribution in [0.25, 0.3) is 0 Å². The first-order valence-electron chi connectivity index (χ1n) is 6.14. The van der Waals surface area contributed by atoms with Crippen molar-refractivity contribution in [3.05, 3.63) is 55.9 Å². The average molecular weight is 294 g/mol. The van der Waals surface area contributed by atoms with E-state index in [-0.39, 0.29) is 23.1 Å². The lowest BCUT2D eigenvalue weighted by atomic mass is 10.1. The number of hydrogen-bond acceptors (Lipinski definition) is 3. The summed E-state index contributed by atoms with van der Waals surface area (Å²) < 4.78 is 14.5. The highest BCUT2D eigenvalue weighted by atomic mass is 32.1. The summed E-state index contributed by atoms with van der Waals surface area (Å²) >= 11 is 1.08. The van der Waals surface area contributed by atoms with E-state index in [0.29, 0.717) is 12.1 Å². The van der Waals surface area contributed by atoms with Gasteiger partial charge in [0.25, 0.3) is 0 Å². The molecule has 0 atom stereocenters. The van der Waals surface area contributed by atoms with Gasteiger partial charge in [-0.2, -0.15) is 0 Å². The molecular formula is C14H15FN2O2S. The minimum absolute atomic E-state index is 0.00828. The highest BCUT2D eigenvalue weighted by Crippen LogP contribution is 2.09. The molecule has 4 nitrogen and oxygen atoms in total. The fourth-order valence-electron chi connectivity index (χ4n) is 1.81. The zero-order valence-electron chi connectivity index (χ0n) is 11.3. The van der Waals surface area contributed by atoms with Crippen molar-refractivity contribution in [3.8, 4) is 0 Å². The quantitative estimate of drug-likeness (QED) is 0.937. The van der Waals surface area contributed by atoms with E-state index in [0.717, 1.165) is 22.6 Å². The van der Waals surface area contributed by atoms with Gasteiger partial charge in [-0.05, 0) is 31.0 Å². The molecule has 0 aliphatic carbocycles. The van der Waals surface area contributed by atoms with Crippen LogP contribution in [-0.2, 0) is 17.9 Å². The second kappa shape index (κ2) is 6.00. The van der Waals surface area contributed by atoms with Gasteiger partial charge in [-0.1, -0.05) is 23.5 Å². The number of halogens is 1. The molecule has 0 unspecified atom stereocenters. The summed E-state index contributed by atoms with van der Waals surface area (Å²) in [6, 6.07) is 4.70. The highest BCUT2D eigenvalue weighted by molar-refractivity contribution is 7.07. The van der Waals surface area contributed by atoms with Crippen LogP contribution in [0.5, 0.6) is 0 Å². The zero-order valence-corrected chi connectivity index (χ0v) is 12.1. The molecule has 20 heavy (non-hydrogen) atoms. The third-order valence-corrected chi connectivity index (χ3v) is 3.87. The third kappa shape index (κ3) is 3.33. The minimum atomic E-state index is -0.263. The van der Waals surface area contributed by atoms with Crippen molar-refractivity contribution < 1.29 is 9.18 Å². The molecule has 1 amide bonds. The Morgan fingerprint density at radius 1 is 1.40 bits per heavy atom. The summed E-state index contributed by atoms with van der Waals surface area (Å²) in [5.41, 5.74) is 2.14. The van der Waals surface area contributed by atoms with Crippen LogP contribution in [-0.4, -0.2) is 10.5 Å². The predicted molar refractivity (Wildman–Crippen MR) is 76.3 cm³/mol. The maximum absolute atomic E-state index is 13.1. The lowest BCUT2D eigenvalue weighted by Crippen LogP contribution is -2.30. The Kier molecular flexibility index (Phi) is 4.34. The topological polar surface area (TPSA) is 51.1 Å². The van der Waals surface area contributed by atoms with Crippen molar-refractivity contribution in [1.82, 2.24) is 9.88 Å². The normalized spacial score (nSPS) is 10.6. The van der Waals surface area contributed by atoms with Crippen LogP contribution in [0.15, 0.2) is 28.4 Å². The van der Waals surface area contributed by atoms with E-state index in [1.165, 1.54) is 10.6 Å². The van der Waals surface area contributed by atoms with Crippen LogP contribution in [0.4, 0.5) is 4.39 Å². The SMILES string of the molecule is Cc1cc(CNC(=O)Cn2c(C)csc2=O)ccc1F. The van der Waals surface area contributed by atoms with E-state index < -0.39 is 0 Å². The lowest BCUT2D eigenvalue weighted by molar-refractivity contribution is -0.121. The summed E-state index contributed by atoms with van der Waals surface area (Å²) in [6.45, 7) is 3.79. The number of benzene rings is 1. The van der Waals surface area contributed by atoms with Gasteiger partial charge >= 0.3 is 4.87 Å². The number of rotatable bonds is 4. The van der Waals surface area contributed by atoms with Crippen LogP contribution >= 0.6 is 11.3 Å². The second-order valence-electron chi connectivity index (χ2n) is 4.59. The summed E-state index contributed by atoms with van der Waals surface area (Å²) in [5, 5.41) is 4.44. The number of thiazole rings is 1. The molecule has 1 heterocycles. The highest BCUT2D eigenvalue weighted by Gasteiger charge is 2.08. The molecule has 1 aromatic carbocycles. The van der Waals surface area contributed by atoms with Crippen molar-refractivity contribution in [2.75, 3.05) is 0 Å². The minimum Gasteiger partial charge on any atom is -0.350 e. The van der Waals surface area contributed by atoms with Crippen molar-refractivity contribution in [2.24, 2.45) is 0 Å². The summed E-state index contributed by atoms with van der Waals surface area (Å²) in [5.74, 6) is -0.504. The van der Waals surface area contributed by atoms with Gasteiger partial charge in [0.2, 0.25) is 5.91 Å². The first kappa shape index (κ1) is 14.5. The zero-order chi connectivity index (χ0) is 14.7. The first-order valence-corrected chi connectivity index (χ1v) is 7.02. The number of hydrogen-bond donors (Lipinski definition) is 1. The molecular weight excluding hydrogens is 279 g/mol. The fourth-order valence-corrected chi connectivity index (χ4v) is 2.55. The first-order chi connectivity index (χ1) is 9.47. The van der Waals surface area contributed by atoms with Crippen LogP contribution in [0.3, 0.4) is 0 Å². The fraction of sp³-hybridized carbons (Fsp3) is 0.286. The van der Waals surface area contributed by atoms with Crippen LogP contribution in [0.2, 0.25) is 0 Å². The van der Waals surface area contributed by atoms with E-state index in [1.54, 1.807) is 31.4 Å². The predicted octanol–water partition coefficient (Wildman–Crippen LogP) is 1.98. The molecule has 0 bridgehead atoms. The molecule has 0 saturated carbocycles. The van der Waals surface area contributed by atoms with Gasteiger partial charge in [0.1, 0.15) is 12.4 Å². The van der Waals surface area contributed by atoms with Gasteiger partial charge in [0.05, 0.1) is 0 Å². The number of nitrogens with one attached hydrogen (secondary N) is 1. The Morgan fingerprint density at radius 3 is 2.75 bits per heavy atom.